The van der Waals surface area contributed by atoms with Crippen molar-refractivity contribution in [1.29, 1.82) is 0 Å². The van der Waals surface area contributed by atoms with E-state index < -0.39 is 10.1 Å². The molecule has 0 aliphatic carbocycles. The van der Waals surface area contributed by atoms with Crippen molar-refractivity contribution in [2.24, 2.45) is 0 Å². The number of hydrogen-bond acceptors (Lipinski definition) is 4. The lowest BCUT2D eigenvalue weighted by Gasteiger charge is -2.24. The first kappa shape index (κ1) is 22.4. The molecule has 0 aliphatic rings. The lowest BCUT2D eigenvalue weighted by Crippen LogP contribution is -2.25. The lowest BCUT2D eigenvalue weighted by atomic mass is 9.86. The van der Waals surface area contributed by atoms with Crippen molar-refractivity contribution in [3.05, 3.63) is 71.8 Å². The van der Waals surface area contributed by atoms with Gasteiger partial charge in [0.1, 0.15) is 0 Å². The fraction of sp³-hybridized carbons (Fsp3) is 0.429. The third-order valence-electron chi connectivity index (χ3n) is 4.14. The summed E-state index contributed by atoms with van der Waals surface area (Å²) in [4.78, 5) is 0. The highest BCUT2D eigenvalue weighted by atomic mass is 32.2. The first-order valence-electron chi connectivity index (χ1n) is 8.54. The number of aliphatic hydroxyl groups is 1. The molecule has 1 N–H and O–H groups in total. The average molecular weight is 379 g/mol. The molecule has 26 heavy (non-hydrogen) atoms. The van der Waals surface area contributed by atoms with Crippen LogP contribution in [0.15, 0.2) is 60.7 Å². The van der Waals surface area contributed by atoms with Gasteiger partial charge in [-0.05, 0) is 11.1 Å². The van der Waals surface area contributed by atoms with Crippen LogP contribution in [-0.4, -0.2) is 33.0 Å². The van der Waals surface area contributed by atoms with Crippen LogP contribution in [0, 0.1) is 0 Å². The molecule has 4 nitrogen and oxygen atoms in total. The SMILES string of the molecule is CC(C)(CO)c1ccccc1.CC(C)(COS(C)(=O)=O)c1ccccc1. The van der Waals surface area contributed by atoms with Crippen LogP contribution in [0.4, 0.5) is 0 Å². The first-order chi connectivity index (χ1) is 12.0. The minimum atomic E-state index is -3.37. The quantitative estimate of drug-likeness (QED) is 0.775. The minimum absolute atomic E-state index is 0.110. The van der Waals surface area contributed by atoms with E-state index in [1.165, 1.54) is 5.56 Å². The molecule has 0 aliphatic heterocycles. The van der Waals surface area contributed by atoms with Gasteiger partial charge in [-0.3, -0.25) is 4.18 Å². The summed E-state index contributed by atoms with van der Waals surface area (Å²) in [5, 5.41) is 9.05. The summed E-state index contributed by atoms with van der Waals surface area (Å²) >= 11 is 0. The summed E-state index contributed by atoms with van der Waals surface area (Å²) in [7, 11) is -3.37. The summed E-state index contributed by atoms with van der Waals surface area (Å²) in [5.74, 6) is 0. The van der Waals surface area contributed by atoms with Gasteiger partial charge < -0.3 is 5.11 Å². The summed E-state index contributed by atoms with van der Waals surface area (Å²) in [6.07, 6.45) is 1.06. The third-order valence-corrected chi connectivity index (χ3v) is 4.69. The van der Waals surface area contributed by atoms with Crippen LogP contribution in [0.1, 0.15) is 38.8 Å². The smallest absolute Gasteiger partial charge is 0.264 e. The summed E-state index contributed by atoms with van der Waals surface area (Å²) in [5.41, 5.74) is 1.84. The average Bonchev–Trinajstić information content (AvgIpc) is 2.62. The van der Waals surface area contributed by atoms with Crippen LogP contribution in [-0.2, 0) is 25.1 Å². The van der Waals surface area contributed by atoms with Crippen LogP contribution in [0.3, 0.4) is 0 Å². The van der Waals surface area contributed by atoms with Crippen molar-refractivity contribution in [1.82, 2.24) is 0 Å². The maximum atomic E-state index is 10.9. The van der Waals surface area contributed by atoms with Crippen LogP contribution < -0.4 is 0 Å². The summed E-state index contributed by atoms with van der Waals surface area (Å²) < 4.78 is 26.6. The molecule has 2 aromatic rings. The second-order valence-electron chi connectivity index (χ2n) is 7.62. The van der Waals surface area contributed by atoms with Crippen molar-refractivity contribution < 1.29 is 17.7 Å². The van der Waals surface area contributed by atoms with E-state index in [1.54, 1.807) is 0 Å². The topological polar surface area (TPSA) is 63.6 Å². The molecular formula is C21H30O4S. The molecule has 0 unspecified atom stereocenters. The van der Waals surface area contributed by atoms with Gasteiger partial charge in [0.25, 0.3) is 10.1 Å². The lowest BCUT2D eigenvalue weighted by molar-refractivity contribution is 0.218. The molecule has 0 amide bonds. The van der Waals surface area contributed by atoms with Gasteiger partial charge in [0.2, 0.25) is 0 Å². The van der Waals surface area contributed by atoms with Gasteiger partial charge in [-0.15, -0.1) is 0 Å². The number of aliphatic hydroxyl groups excluding tert-OH is 1. The molecule has 0 heterocycles. The zero-order valence-electron chi connectivity index (χ0n) is 16.3. The van der Waals surface area contributed by atoms with Gasteiger partial charge >= 0.3 is 0 Å². The van der Waals surface area contributed by atoms with Gasteiger partial charge in [0.05, 0.1) is 19.5 Å². The molecule has 0 radical (unpaired) electrons. The number of hydrogen-bond donors (Lipinski definition) is 1. The Balaban J connectivity index is 0.000000273. The zero-order valence-corrected chi connectivity index (χ0v) is 17.1. The Labute approximate surface area is 158 Å². The normalized spacial score (nSPS) is 12.2. The predicted molar refractivity (Wildman–Crippen MR) is 107 cm³/mol. The Morgan fingerprint density at radius 1 is 0.808 bits per heavy atom. The Morgan fingerprint density at radius 2 is 1.19 bits per heavy atom. The van der Waals surface area contributed by atoms with E-state index in [1.807, 2.05) is 88.4 Å². The molecule has 5 heteroatoms. The molecule has 0 saturated carbocycles. The highest BCUT2D eigenvalue weighted by Gasteiger charge is 2.22. The van der Waals surface area contributed by atoms with Gasteiger partial charge in [0.15, 0.2) is 0 Å². The van der Waals surface area contributed by atoms with E-state index in [4.69, 9.17) is 9.29 Å². The summed E-state index contributed by atoms with van der Waals surface area (Å²) in [6, 6.07) is 19.8. The van der Waals surface area contributed by atoms with E-state index in [-0.39, 0.29) is 24.0 Å². The highest BCUT2D eigenvalue weighted by Crippen LogP contribution is 2.23. The second-order valence-corrected chi connectivity index (χ2v) is 9.27. The Bertz CT molecular complexity index is 751. The van der Waals surface area contributed by atoms with Crippen molar-refractivity contribution in [2.45, 2.75) is 38.5 Å². The van der Waals surface area contributed by atoms with Gasteiger partial charge in [-0.25, -0.2) is 0 Å². The monoisotopic (exact) mass is 378 g/mol. The van der Waals surface area contributed by atoms with E-state index in [0.29, 0.717) is 0 Å². The summed E-state index contributed by atoms with van der Waals surface area (Å²) in [6.45, 7) is 8.32. The third kappa shape index (κ3) is 7.68. The fourth-order valence-electron chi connectivity index (χ4n) is 2.21. The first-order valence-corrected chi connectivity index (χ1v) is 10.4. The van der Waals surface area contributed by atoms with E-state index in [0.717, 1.165) is 11.8 Å². The van der Waals surface area contributed by atoms with Gasteiger partial charge in [-0.1, -0.05) is 88.4 Å². The molecule has 0 fully saturated rings. The molecule has 0 saturated heterocycles. The van der Waals surface area contributed by atoms with Crippen molar-refractivity contribution >= 4 is 10.1 Å². The Morgan fingerprint density at radius 3 is 1.54 bits per heavy atom. The van der Waals surface area contributed by atoms with Crippen LogP contribution >= 0.6 is 0 Å². The van der Waals surface area contributed by atoms with E-state index in [2.05, 4.69) is 0 Å². The highest BCUT2D eigenvalue weighted by molar-refractivity contribution is 7.85. The predicted octanol–water partition coefficient (Wildman–Crippen LogP) is 3.90. The zero-order chi connectivity index (χ0) is 19.8. The minimum Gasteiger partial charge on any atom is -0.395 e. The number of rotatable bonds is 6. The molecule has 2 aromatic carbocycles. The molecule has 144 valence electrons. The molecule has 0 spiro atoms. The van der Waals surface area contributed by atoms with E-state index >= 15 is 0 Å². The van der Waals surface area contributed by atoms with E-state index in [9.17, 15) is 8.42 Å². The number of benzene rings is 2. The molecular weight excluding hydrogens is 348 g/mol. The molecule has 2 rings (SSSR count). The fourth-order valence-corrected chi connectivity index (χ4v) is 2.72. The molecule has 0 atom stereocenters. The maximum absolute atomic E-state index is 10.9. The molecule has 0 aromatic heterocycles. The van der Waals surface area contributed by atoms with Crippen molar-refractivity contribution in [2.75, 3.05) is 19.5 Å². The van der Waals surface area contributed by atoms with Gasteiger partial charge in [-0.2, -0.15) is 8.42 Å². The Hall–Kier alpha value is -1.69. The van der Waals surface area contributed by atoms with Crippen LogP contribution in [0.2, 0.25) is 0 Å². The largest absolute Gasteiger partial charge is 0.395 e. The van der Waals surface area contributed by atoms with Crippen LogP contribution in [0.25, 0.3) is 0 Å². The Kier molecular flexibility index (Phi) is 8.00. The van der Waals surface area contributed by atoms with Gasteiger partial charge in [0, 0.05) is 10.8 Å². The second kappa shape index (κ2) is 9.31. The standard InChI is InChI=1S/C11H16O3S.C10H14O/c1-11(2,9-14-15(3,12)13)10-7-5-4-6-8-10;1-10(2,8-11)9-6-4-3-5-7-9/h4-8H,9H2,1-3H3;3-7,11H,8H2,1-2H3. The molecule has 0 bridgehead atoms. The maximum Gasteiger partial charge on any atom is 0.264 e. The van der Waals surface area contributed by atoms with Crippen LogP contribution in [0.5, 0.6) is 0 Å². The van der Waals surface area contributed by atoms with Crippen molar-refractivity contribution in [3.8, 4) is 0 Å². The van der Waals surface area contributed by atoms with Crippen molar-refractivity contribution in [3.63, 3.8) is 0 Å².